The first-order valence-corrected chi connectivity index (χ1v) is 6.61. The Labute approximate surface area is 126 Å². The fraction of sp³-hybridized carbons (Fsp3) is 0.125. The maximum atomic E-state index is 12.7. The van der Waals surface area contributed by atoms with Crippen molar-refractivity contribution in [3.63, 3.8) is 0 Å². The smallest absolute Gasteiger partial charge is 0.310 e. The third-order valence-corrected chi connectivity index (χ3v) is 3.01. The zero-order valence-corrected chi connectivity index (χ0v) is 11.8. The van der Waals surface area contributed by atoms with E-state index in [9.17, 15) is 14.0 Å². The van der Waals surface area contributed by atoms with Gasteiger partial charge < -0.3 is 4.74 Å². The first kappa shape index (κ1) is 15.2. The van der Waals surface area contributed by atoms with Crippen LogP contribution in [0.4, 0.5) is 4.39 Å². The van der Waals surface area contributed by atoms with Crippen LogP contribution in [0.2, 0.25) is 5.02 Å². The molecule has 0 aromatic heterocycles. The van der Waals surface area contributed by atoms with Crippen molar-refractivity contribution in [2.24, 2.45) is 0 Å². The summed E-state index contributed by atoms with van der Waals surface area (Å²) in [6.07, 6.45) is -0.0108. The van der Waals surface area contributed by atoms with Crippen molar-refractivity contribution < 1.29 is 18.7 Å². The molecule has 2 aromatic rings. The van der Waals surface area contributed by atoms with Gasteiger partial charge in [0, 0.05) is 10.6 Å². The SMILES string of the molecule is O=C(Cc1ccc(F)cc1)OCC(=O)c1cccc(Cl)c1. The van der Waals surface area contributed by atoms with Crippen molar-refractivity contribution in [2.45, 2.75) is 6.42 Å². The molecular weight excluding hydrogens is 295 g/mol. The fourth-order valence-electron chi connectivity index (χ4n) is 1.71. The first-order valence-electron chi connectivity index (χ1n) is 6.23. The van der Waals surface area contributed by atoms with Crippen molar-refractivity contribution in [3.05, 3.63) is 70.5 Å². The van der Waals surface area contributed by atoms with Gasteiger partial charge in [-0.2, -0.15) is 0 Å². The van der Waals surface area contributed by atoms with E-state index in [1.54, 1.807) is 18.2 Å². The molecule has 0 aliphatic heterocycles. The minimum Gasteiger partial charge on any atom is -0.457 e. The summed E-state index contributed by atoms with van der Waals surface area (Å²) in [5, 5.41) is 0.443. The van der Waals surface area contributed by atoms with Crippen LogP contribution in [-0.2, 0) is 16.0 Å². The van der Waals surface area contributed by atoms with Gasteiger partial charge in [-0.1, -0.05) is 35.9 Å². The molecule has 0 N–H and O–H groups in total. The maximum absolute atomic E-state index is 12.7. The molecule has 21 heavy (non-hydrogen) atoms. The van der Waals surface area contributed by atoms with Gasteiger partial charge >= 0.3 is 5.97 Å². The lowest BCUT2D eigenvalue weighted by Gasteiger charge is -2.05. The van der Waals surface area contributed by atoms with Gasteiger partial charge in [0.15, 0.2) is 12.4 Å². The Morgan fingerprint density at radius 2 is 1.81 bits per heavy atom. The number of hydrogen-bond acceptors (Lipinski definition) is 3. The van der Waals surface area contributed by atoms with Crippen molar-refractivity contribution in [2.75, 3.05) is 6.61 Å². The van der Waals surface area contributed by atoms with E-state index in [-0.39, 0.29) is 24.6 Å². The van der Waals surface area contributed by atoms with Crippen molar-refractivity contribution in [1.29, 1.82) is 0 Å². The molecule has 0 atom stereocenters. The summed E-state index contributed by atoms with van der Waals surface area (Å²) in [7, 11) is 0. The zero-order chi connectivity index (χ0) is 15.2. The highest BCUT2D eigenvalue weighted by Crippen LogP contribution is 2.11. The summed E-state index contributed by atoms with van der Waals surface area (Å²) in [6.45, 7) is -0.347. The minimum absolute atomic E-state index is 0.0108. The molecule has 0 saturated carbocycles. The van der Waals surface area contributed by atoms with Crippen LogP contribution in [0.5, 0.6) is 0 Å². The molecule has 3 nitrogen and oxygen atoms in total. The van der Waals surface area contributed by atoms with Gasteiger partial charge in [0.25, 0.3) is 0 Å². The molecule has 0 heterocycles. The van der Waals surface area contributed by atoms with Crippen LogP contribution in [-0.4, -0.2) is 18.4 Å². The zero-order valence-electron chi connectivity index (χ0n) is 11.0. The molecule has 2 aromatic carbocycles. The number of esters is 1. The molecule has 0 amide bonds. The standard InChI is InChI=1S/C16H12ClFO3/c17-13-3-1-2-12(9-13)15(19)10-21-16(20)8-11-4-6-14(18)7-5-11/h1-7,9H,8,10H2. The highest BCUT2D eigenvalue weighted by atomic mass is 35.5. The third kappa shape index (κ3) is 4.68. The van der Waals surface area contributed by atoms with E-state index >= 15 is 0 Å². The number of rotatable bonds is 5. The Kier molecular flexibility index (Phi) is 5.06. The number of ketones is 1. The van der Waals surface area contributed by atoms with Crippen LogP contribution >= 0.6 is 11.6 Å². The second kappa shape index (κ2) is 6.99. The number of benzene rings is 2. The lowest BCUT2D eigenvalue weighted by molar-refractivity contribution is -0.141. The molecule has 0 radical (unpaired) electrons. The molecule has 0 bridgehead atoms. The lowest BCUT2D eigenvalue weighted by atomic mass is 10.1. The van der Waals surface area contributed by atoms with Gasteiger partial charge in [-0.05, 0) is 29.8 Å². The van der Waals surface area contributed by atoms with Gasteiger partial charge in [-0.15, -0.1) is 0 Å². The summed E-state index contributed by atoms with van der Waals surface area (Å²) in [5.41, 5.74) is 1.01. The second-order valence-electron chi connectivity index (χ2n) is 4.40. The summed E-state index contributed by atoms with van der Waals surface area (Å²) in [4.78, 5) is 23.4. The van der Waals surface area contributed by atoms with E-state index in [2.05, 4.69) is 0 Å². The fourth-order valence-corrected chi connectivity index (χ4v) is 1.90. The molecule has 0 fully saturated rings. The highest BCUT2D eigenvalue weighted by Gasteiger charge is 2.11. The molecule has 0 aliphatic rings. The van der Waals surface area contributed by atoms with Crippen LogP contribution in [0.15, 0.2) is 48.5 Å². The van der Waals surface area contributed by atoms with Gasteiger partial charge in [-0.25, -0.2) is 4.39 Å². The Hall–Kier alpha value is -2.20. The Morgan fingerprint density at radius 1 is 1.10 bits per heavy atom. The number of ether oxygens (including phenoxy) is 1. The number of Topliss-reactive ketones (excluding diaryl/α,β-unsaturated/α-hetero) is 1. The van der Waals surface area contributed by atoms with Crippen LogP contribution < -0.4 is 0 Å². The molecule has 2 rings (SSSR count). The molecule has 0 unspecified atom stereocenters. The van der Waals surface area contributed by atoms with E-state index in [1.165, 1.54) is 30.3 Å². The summed E-state index contributed by atoms with van der Waals surface area (Å²) in [6, 6.07) is 11.9. The van der Waals surface area contributed by atoms with Gasteiger partial charge in [0.05, 0.1) is 6.42 Å². The highest BCUT2D eigenvalue weighted by molar-refractivity contribution is 6.31. The summed E-state index contributed by atoms with van der Waals surface area (Å²) < 4.78 is 17.6. The van der Waals surface area contributed by atoms with Gasteiger partial charge in [0.2, 0.25) is 0 Å². The average Bonchev–Trinajstić information content (AvgIpc) is 2.47. The quantitative estimate of drug-likeness (QED) is 0.628. The largest absolute Gasteiger partial charge is 0.457 e. The van der Waals surface area contributed by atoms with E-state index < -0.39 is 5.97 Å². The number of carbonyl (C=O) groups excluding carboxylic acids is 2. The Morgan fingerprint density at radius 3 is 2.48 bits per heavy atom. The van der Waals surface area contributed by atoms with E-state index in [0.29, 0.717) is 16.1 Å². The van der Waals surface area contributed by atoms with Crippen LogP contribution in [0.3, 0.4) is 0 Å². The Bertz CT molecular complexity index is 653. The number of carbonyl (C=O) groups is 2. The van der Waals surface area contributed by atoms with E-state index in [4.69, 9.17) is 16.3 Å². The molecule has 0 saturated heterocycles. The monoisotopic (exact) mass is 306 g/mol. The molecular formula is C16H12ClFO3. The van der Waals surface area contributed by atoms with Crippen molar-refractivity contribution >= 4 is 23.4 Å². The van der Waals surface area contributed by atoms with E-state index in [0.717, 1.165) is 0 Å². The Balaban J connectivity index is 1.86. The van der Waals surface area contributed by atoms with Gasteiger partial charge in [0.1, 0.15) is 5.82 Å². The topological polar surface area (TPSA) is 43.4 Å². The van der Waals surface area contributed by atoms with Crippen LogP contribution in [0.1, 0.15) is 15.9 Å². The predicted molar refractivity (Wildman–Crippen MR) is 76.8 cm³/mol. The van der Waals surface area contributed by atoms with Gasteiger partial charge in [-0.3, -0.25) is 9.59 Å². The molecule has 0 aliphatic carbocycles. The summed E-state index contributed by atoms with van der Waals surface area (Å²) >= 11 is 5.78. The average molecular weight is 307 g/mol. The van der Waals surface area contributed by atoms with E-state index in [1.807, 2.05) is 0 Å². The van der Waals surface area contributed by atoms with Crippen molar-refractivity contribution in [3.8, 4) is 0 Å². The maximum Gasteiger partial charge on any atom is 0.310 e. The molecule has 108 valence electrons. The summed E-state index contributed by atoms with van der Waals surface area (Å²) in [5.74, 6) is -1.25. The normalized spacial score (nSPS) is 10.2. The lowest BCUT2D eigenvalue weighted by Crippen LogP contribution is -2.15. The minimum atomic E-state index is -0.544. The first-order chi connectivity index (χ1) is 10.0. The molecule has 0 spiro atoms. The number of hydrogen-bond donors (Lipinski definition) is 0. The van der Waals surface area contributed by atoms with Crippen molar-refractivity contribution in [1.82, 2.24) is 0 Å². The third-order valence-electron chi connectivity index (χ3n) is 2.77. The second-order valence-corrected chi connectivity index (χ2v) is 4.83. The van der Waals surface area contributed by atoms with Crippen LogP contribution in [0.25, 0.3) is 0 Å². The van der Waals surface area contributed by atoms with Crippen LogP contribution in [0, 0.1) is 5.82 Å². The predicted octanol–water partition coefficient (Wildman–Crippen LogP) is 3.45. The molecule has 5 heteroatoms. The number of halogens is 2.